The highest BCUT2D eigenvalue weighted by atomic mass is 19.1. The van der Waals surface area contributed by atoms with Gasteiger partial charge in [-0.3, -0.25) is 4.40 Å². The molecule has 0 fully saturated rings. The van der Waals surface area contributed by atoms with Crippen LogP contribution >= 0.6 is 0 Å². The molecule has 2 aromatic rings. The first-order valence-corrected chi connectivity index (χ1v) is 3.09. The standard InChI is InChI=1S/C7H5FN2O/c8-5-2-1-3-10-6(11)4-9-7(5)10/h1-4,11H. The molecule has 2 aromatic heterocycles. The highest BCUT2D eigenvalue weighted by molar-refractivity contribution is 5.43. The van der Waals surface area contributed by atoms with E-state index in [0.29, 0.717) is 0 Å². The molecule has 0 saturated heterocycles. The second kappa shape index (κ2) is 1.95. The molecule has 11 heavy (non-hydrogen) atoms. The number of aromatic nitrogens is 2. The summed E-state index contributed by atoms with van der Waals surface area (Å²) in [4.78, 5) is 3.66. The molecule has 0 aromatic carbocycles. The zero-order valence-electron chi connectivity index (χ0n) is 5.53. The molecule has 0 aliphatic rings. The van der Waals surface area contributed by atoms with E-state index in [1.807, 2.05) is 0 Å². The lowest BCUT2D eigenvalue weighted by molar-refractivity contribution is 0.447. The third kappa shape index (κ3) is 0.756. The number of hydrogen-bond donors (Lipinski definition) is 1. The van der Waals surface area contributed by atoms with E-state index in [9.17, 15) is 4.39 Å². The van der Waals surface area contributed by atoms with E-state index >= 15 is 0 Å². The monoisotopic (exact) mass is 152 g/mol. The van der Waals surface area contributed by atoms with Crippen LogP contribution in [0.3, 0.4) is 0 Å². The number of nitrogens with zero attached hydrogens (tertiary/aromatic N) is 2. The maximum Gasteiger partial charge on any atom is 0.215 e. The quantitative estimate of drug-likeness (QED) is 0.615. The molecule has 0 aliphatic carbocycles. The van der Waals surface area contributed by atoms with Crippen molar-refractivity contribution in [3.63, 3.8) is 0 Å². The molecule has 4 heteroatoms. The average Bonchev–Trinajstić information content (AvgIpc) is 2.35. The van der Waals surface area contributed by atoms with Crippen molar-refractivity contribution in [3.05, 3.63) is 30.3 Å². The molecule has 0 bridgehead atoms. The van der Waals surface area contributed by atoms with Crippen LogP contribution < -0.4 is 0 Å². The van der Waals surface area contributed by atoms with E-state index in [1.165, 1.54) is 22.7 Å². The largest absolute Gasteiger partial charge is 0.493 e. The number of pyridine rings is 1. The number of halogens is 1. The fraction of sp³-hybridized carbons (Fsp3) is 0. The van der Waals surface area contributed by atoms with Crippen molar-refractivity contribution in [3.8, 4) is 5.88 Å². The maximum absolute atomic E-state index is 12.8. The number of imidazole rings is 1. The molecule has 2 heterocycles. The summed E-state index contributed by atoms with van der Waals surface area (Å²) in [6.45, 7) is 0. The van der Waals surface area contributed by atoms with Gasteiger partial charge in [-0.2, -0.15) is 0 Å². The van der Waals surface area contributed by atoms with Crippen molar-refractivity contribution >= 4 is 5.65 Å². The highest BCUT2D eigenvalue weighted by Gasteiger charge is 2.03. The Labute approximate surface area is 61.7 Å². The van der Waals surface area contributed by atoms with Crippen molar-refractivity contribution in [2.24, 2.45) is 0 Å². The minimum Gasteiger partial charge on any atom is -0.493 e. The van der Waals surface area contributed by atoms with Gasteiger partial charge in [0, 0.05) is 6.20 Å². The lowest BCUT2D eigenvalue weighted by Crippen LogP contribution is -1.86. The minimum absolute atomic E-state index is 0.0560. The lowest BCUT2D eigenvalue weighted by atomic mass is 10.4. The molecule has 0 spiro atoms. The Morgan fingerprint density at radius 2 is 2.36 bits per heavy atom. The molecular weight excluding hydrogens is 147 g/mol. The zero-order chi connectivity index (χ0) is 7.84. The zero-order valence-corrected chi connectivity index (χ0v) is 5.53. The van der Waals surface area contributed by atoms with Crippen LogP contribution in [0.1, 0.15) is 0 Å². The summed E-state index contributed by atoms with van der Waals surface area (Å²) < 4.78 is 14.1. The summed E-state index contributed by atoms with van der Waals surface area (Å²) >= 11 is 0. The minimum atomic E-state index is -0.437. The fourth-order valence-corrected chi connectivity index (χ4v) is 0.964. The molecule has 0 atom stereocenters. The second-order valence-corrected chi connectivity index (χ2v) is 2.17. The topological polar surface area (TPSA) is 37.5 Å². The van der Waals surface area contributed by atoms with E-state index in [0.717, 1.165) is 0 Å². The predicted molar refractivity (Wildman–Crippen MR) is 36.8 cm³/mol. The van der Waals surface area contributed by atoms with Crippen molar-refractivity contribution < 1.29 is 9.50 Å². The van der Waals surface area contributed by atoms with Gasteiger partial charge in [0.25, 0.3) is 0 Å². The lowest BCUT2D eigenvalue weighted by Gasteiger charge is -1.93. The van der Waals surface area contributed by atoms with Crippen LogP contribution in [-0.2, 0) is 0 Å². The summed E-state index contributed by atoms with van der Waals surface area (Å²) in [5.41, 5.74) is 0.144. The summed E-state index contributed by atoms with van der Waals surface area (Å²) in [6, 6.07) is 2.80. The van der Waals surface area contributed by atoms with Gasteiger partial charge in [-0.15, -0.1) is 0 Å². The number of hydrogen-bond acceptors (Lipinski definition) is 2. The van der Waals surface area contributed by atoms with Gasteiger partial charge in [0.1, 0.15) is 0 Å². The van der Waals surface area contributed by atoms with Crippen LogP contribution in [0, 0.1) is 5.82 Å². The van der Waals surface area contributed by atoms with Crippen LogP contribution in [-0.4, -0.2) is 14.5 Å². The van der Waals surface area contributed by atoms with Crippen LogP contribution in [0.2, 0.25) is 0 Å². The van der Waals surface area contributed by atoms with Gasteiger partial charge in [0.15, 0.2) is 11.5 Å². The van der Waals surface area contributed by atoms with E-state index in [4.69, 9.17) is 5.11 Å². The van der Waals surface area contributed by atoms with Crippen LogP contribution in [0.4, 0.5) is 4.39 Å². The van der Waals surface area contributed by atoms with Gasteiger partial charge < -0.3 is 5.11 Å². The van der Waals surface area contributed by atoms with Crippen molar-refractivity contribution in [2.75, 3.05) is 0 Å². The summed E-state index contributed by atoms with van der Waals surface area (Å²) in [6.07, 6.45) is 2.75. The molecule has 0 unspecified atom stereocenters. The molecule has 0 aliphatic heterocycles. The normalized spacial score (nSPS) is 10.6. The molecule has 3 nitrogen and oxygen atoms in total. The summed E-state index contributed by atoms with van der Waals surface area (Å²) in [7, 11) is 0. The van der Waals surface area contributed by atoms with Gasteiger partial charge in [-0.1, -0.05) is 0 Å². The molecule has 0 saturated carbocycles. The van der Waals surface area contributed by atoms with Gasteiger partial charge in [-0.05, 0) is 12.1 Å². The Morgan fingerprint density at radius 3 is 3.09 bits per heavy atom. The average molecular weight is 152 g/mol. The highest BCUT2D eigenvalue weighted by Crippen LogP contribution is 2.13. The van der Waals surface area contributed by atoms with E-state index in [1.54, 1.807) is 6.20 Å². The van der Waals surface area contributed by atoms with Crippen LogP contribution in [0.25, 0.3) is 5.65 Å². The molecule has 56 valence electrons. The first-order chi connectivity index (χ1) is 5.29. The van der Waals surface area contributed by atoms with Gasteiger partial charge >= 0.3 is 0 Å². The molecule has 2 rings (SSSR count). The number of aromatic hydroxyl groups is 1. The SMILES string of the molecule is Oc1cnc2c(F)cccn12. The van der Waals surface area contributed by atoms with Gasteiger partial charge in [-0.25, -0.2) is 9.37 Å². The Bertz CT molecular complexity index is 396. The number of rotatable bonds is 0. The van der Waals surface area contributed by atoms with Gasteiger partial charge in [0.2, 0.25) is 5.88 Å². The fourth-order valence-electron chi connectivity index (χ4n) is 0.964. The summed E-state index contributed by atoms with van der Waals surface area (Å²) in [5.74, 6) is -0.493. The van der Waals surface area contributed by atoms with Gasteiger partial charge in [0.05, 0.1) is 6.20 Å². The second-order valence-electron chi connectivity index (χ2n) is 2.17. The van der Waals surface area contributed by atoms with Crippen molar-refractivity contribution in [2.45, 2.75) is 0 Å². The Hall–Kier alpha value is -1.58. The van der Waals surface area contributed by atoms with Crippen LogP contribution in [0.15, 0.2) is 24.5 Å². The van der Waals surface area contributed by atoms with Crippen molar-refractivity contribution in [1.29, 1.82) is 0 Å². The molecular formula is C7H5FN2O. The number of fused-ring (bicyclic) bond motifs is 1. The first kappa shape index (κ1) is 6.15. The smallest absolute Gasteiger partial charge is 0.215 e. The molecule has 1 N–H and O–H groups in total. The van der Waals surface area contributed by atoms with E-state index in [2.05, 4.69) is 4.98 Å². The summed E-state index contributed by atoms with van der Waals surface area (Å²) in [5, 5.41) is 9.07. The van der Waals surface area contributed by atoms with E-state index < -0.39 is 5.82 Å². The van der Waals surface area contributed by atoms with Crippen molar-refractivity contribution in [1.82, 2.24) is 9.38 Å². The molecule has 0 radical (unpaired) electrons. The Kier molecular flexibility index (Phi) is 1.09. The third-order valence-electron chi connectivity index (χ3n) is 1.47. The Morgan fingerprint density at radius 1 is 1.55 bits per heavy atom. The van der Waals surface area contributed by atoms with Crippen LogP contribution in [0.5, 0.6) is 5.88 Å². The van der Waals surface area contributed by atoms with E-state index in [-0.39, 0.29) is 11.5 Å². The molecule has 0 amide bonds. The predicted octanol–water partition coefficient (Wildman–Crippen LogP) is 1.18. The third-order valence-corrected chi connectivity index (χ3v) is 1.47. The first-order valence-electron chi connectivity index (χ1n) is 3.09. The Balaban J connectivity index is 2.94. The maximum atomic E-state index is 12.8.